The van der Waals surface area contributed by atoms with Gasteiger partial charge in [-0.05, 0) is 6.92 Å². The van der Waals surface area contributed by atoms with E-state index in [9.17, 15) is 24.7 Å². The minimum atomic E-state index is -2.83. The van der Waals surface area contributed by atoms with Gasteiger partial charge in [0.25, 0.3) is 5.56 Å². The molecule has 1 aromatic rings. The minimum absolute atomic E-state index is 0.617. The number of hydrogen-bond donors (Lipinski definition) is 4. The Hall–Kier alpha value is -2.15. The molecule has 2 heterocycles. The number of H-pyrrole nitrogens is 1. The molecule has 0 spiro atoms. The highest BCUT2D eigenvalue weighted by Gasteiger charge is 2.48. The van der Waals surface area contributed by atoms with Gasteiger partial charge in [-0.15, -0.1) is 0 Å². The predicted molar refractivity (Wildman–Crippen MR) is 83.1 cm³/mol. The number of aromatic amines is 1. The van der Waals surface area contributed by atoms with E-state index >= 15 is 0 Å². The molecule has 140 valence electrons. The number of nitrogens with zero attached hydrogens (tertiary/aromatic N) is 3. The van der Waals surface area contributed by atoms with Crippen molar-refractivity contribution in [3.63, 3.8) is 0 Å². The Kier molecular flexibility index (Phi) is 6.23. The molecule has 0 aromatic carbocycles. The second-order valence-corrected chi connectivity index (χ2v) is 6.28. The first-order chi connectivity index (χ1) is 12.2. The van der Waals surface area contributed by atoms with Crippen molar-refractivity contribution in [3.8, 4) is 12.1 Å². The van der Waals surface area contributed by atoms with Crippen LogP contribution in [-0.2, 0) is 13.8 Å². The second-order valence-electron chi connectivity index (χ2n) is 5.41. The summed E-state index contributed by atoms with van der Waals surface area (Å²) in [6.07, 6.45) is -4.24. The summed E-state index contributed by atoms with van der Waals surface area (Å²) in [4.78, 5) is 35.0. The summed E-state index contributed by atoms with van der Waals surface area (Å²) in [6.45, 7) is 0.484. The molecule has 0 bridgehead atoms. The van der Waals surface area contributed by atoms with Crippen LogP contribution in [0.1, 0.15) is 13.2 Å². The molecule has 1 fully saturated rings. The topological polar surface area (TPSA) is 191 Å². The fourth-order valence-electron chi connectivity index (χ4n) is 2.18. The average molecular weight is 386 g/mol. The van der Waals surface area contributed by atoms with Gasteiger partial charge in [0.05, 0.1) is 6.61 Å². The monoisotopic (exact) mass is 386 g/mol. The van der Waals surface area contributed by atoms with Gasteiger partial charge in [0.15, 0.2) is 6.23 Å². The average Bonchev–Trinajstić information content (AvgIpc) is 2.90. The van der Waals surface area contributed by atoms with E-state index in [4.69, 9.17) is 24.3 Å². The molecule has 0 saturated carbocycles. The highest BCUT2D eigenvalue weighted by Crippen LogP contribution is 2.44. The molecule has 1 saturated heterocycles. The van der Waals surface area contributed by atoms with Crippen LogP contribution in [0.4, 0.5) is 0 Å². The van der Waals surface area contributed by atoms with Gasteiger partial charge in [0, 0.05) is 12.3 Å². The molecule has 0 aliphatic carbocycles. The normalized spacial score (nSPS) is 26.8. The van der Waals surface area contributed by atoms with Crippen molar-refractivity contribution in [3.05, 3.63) is 33.1 Å². The lowest BCUT2D eigenvalue weighted by Crippen LogP contribution is -2.39. The van der Waals surface area contributed by atoms with Crippen molar-refractivity contribution in [2.24, 2.45) is 0 Å². The standard InChI is InChI=1S/C13H15N4O8P/c1-13(5-14,6-15)25-26(22)24-10-9(20)7(4-18)23-11(10)17-3-2-8(19)16-12(17)21/h2-3,7,9-11,18,20,22H,4H2,1H3,(H,16,19,21)/t7-,9-,10-,11-,26?/m1/s1. The number of hydrogen-bond acceptors (Lipinski definition) is 10. The molecule has 0 radical (unpaired) electrons. The molecular weight excluding hydrogens is 371 g/mol. The lowest BCUT2D eigenvalue weighted by atomic mass is 10.1. The van der Waals surface area contributed by atoms with Gasteiger partial charge in [0.1, 0.15) is 30.5 Å². The maximum absolute atomic E-state index is 11.9. The molecule has 1 aromatic heterocycles. The first kappa shape index (κ1) is 20.2. The summed E-state index contributed by atoms with van der Waals surface area (Å²) in [6, 6.07) is 4.10. The van der Waals surface area contributed by atoms with Crippen LogP contribution in [0.3, 0.4) is 0 Å². The van der Waals surface area contributed by atoms with Gasteiger partial charge in [-0.1, -0.05) is 0 Å². The van der Waals surface area contributed by atoms with Crippen molar-refractivity contribution in [1.82, 2.24) is 9.55 Å². The van der Waals surface area contributed by atoms with E-state index < -0.39 is 56.6 Å². The summed E-state index contributed by atoms with van der Waals surface area (Å²) < 4.78 is 16.3. The number of aromatic nitrogens is 2. The molecule has 4 N–H and O–H groups in total. The van der Waals surface area contributed by atoms with E-state index in [-0.39, 0.29) is 0 Å². The fourth-order valence-corrected chi connectivity index (χ4v) is 3.06. The quantitative estimate of drug-likeness (QED) is 0.406. The summed E-state index contributed by atoms with van der Waals surface area (Å²) in [5.74, 6) is 0. The van der Waals surface area contributed by atoms with Crippen molar-refractivity contribution >= 4 is 8.60 Å². The Balaban J connectivity index is 2.28. The lowest BCUT2D eigenvalue weighted by Gasteiger charge is -2.25. The summed E-state index contributed by atoms with van der Waals surface area (Å²) in [5.41, 5.74) is -3.53. The highest BCUT2D eigenvalue weighted by molar-refractivity contribution is 7.40. The molecule has 1 aliphatic rings. The van der Waals surface area contributed by atoms with E-state index in [1.807, 2.05) is 4.98 Å². The molecule has 12 nitrogen and oxygen atoms in total. The smallest absolute Gasteiger partial charge is 0.332 e. The van der Waals surface area contributed by atoms with Crippen LogP contribution in [0.15, 0.2) is 21.9 Å². The zero-order valence-corrected chi connectivity index (χ0v) is 14.2. The molecule has 0 amide bonds. The van der Waals surface area contributed by atoms with Crippen LogP contribution < -0.4 is 11.2 Å². The zero-order valence-electron chi connectivity index (χ0n) is 13.3. The largest absolute Gasteiger partial charge is 0.394 e. The summed E-state index contributed by atoms with van der Waals surface area (Å²) >= 11 is 0. The predicted octanol–water partition coefficient (Wildman–Crippen LogP) is -1.79. The molecule has 2 rings (SSSR count). The van der Waals surface area contributed by atoms with E-state index in [2.05, 4.69) is 0 Å². The van der Waals surface area contributed by atoms with Crippen molar-refractivity contribution in [1.29, 1.82) is 10.5 Å². The molecule has 5 atom stereocenters. The van der Waals surface area contributed by atoms with Gasteiger partial charge >= 0.3 is 14.3 Å². The number of aliphatic hydroxyl groups excluding tert-OH is 2. The van der Waals surface area contributed by atoms with Gasteiger partial charge < -0.3 is 24.4 Å². The van der Waals surface area contributed by atoms with Crippen molar-refractivity contribution in [2.75, 3.05) is 6.61 Å². The van der Waals surface area contributed by atoms with Gasteiger partial charge in [-0.3, -0.25) is 18.9 Å². The number of rotatable bonds is 6. The van der Waals surface area contributed by atoms with E-state index in [0.29, 0.717) is 0 Å². The van der Waals surface area contributed by atoms with E-state index in [1.165, 1.54) is 12.1 Å². The van der Waals surface area contributed by atoms with Crippen LogP contribution in [0.5, 0.6) is 0 Å². The summed E-state index contributed by atoms with van der Waals surface area (Å²) in [7, 11) is -2.83. The molecule has 1 unspecified atom stereocenters. The van der Waals surface area contributed by atoms with E-state index in [0.717, 1.165) is 23.8 Å². The molecular formula is C13H15N4O8P. The second kappa shape index (κ2) is 8.03. The first-order valence-corrected chi connectivity index (χ1v) is 8.31. The van der Waals surface area contributed by atoms with E-state index in [1.54, 1.807) is 0 Å². The minimum Gasteiger partial charge on any atom is -0.394 e. The Morgan fingerprint density at radius 1 is 1.46 bits per heavy atom. The van der Waals surface area contributed by atoms with Crippen LogP contribution in [0.25, 0.3) is 0 Å². The third kappa shape index (κ3) is 4.15. The molecule has 1 aliphatic heterocycles. The Morgan fingerprint density at radius 3 is 2.65 bits per heavy atom. The number of aliphatic hydroxyl groups is 2. The molecule has 13 heteroatoms. The fraction of sp³-hybridized carbons (Fsp3) is 0.538. The SMILES string of the molecule is CC(C#N)(C#N)OP(O)O[C@@H]1[C@H](O)[C@@H](CO)O[C@H]1n1ccc(=O)[nH]c1=O. The van der Waals surface area contributed by atoms with Crippen molar-refractivity contribution < 1.29 is 28.9 Å². The first-order valence-electron chi connectivity index (χ1n) is 7.18. The highest BCUT2D eigenvalue weighted by atomic mass is 31.2. The lowest BCUT2D eigenvalue weighted by molar-refractivity contribution is -0.0540. The zero-order chi connectivity index (χ0) is 19.5. The van der Waals surface area contributed by atoms with Crippen LogP contribution >= 0.6 is 8.60 Å². The van der Waals surface area contributed by atoms with Crippen LogP contribution in [0.2, 0.25) is 0 Å². The maximum atomic E-state index is 11.9. The maximum Gasteiger partial charge on any atom is 0.332 e. The Morgan fingerprint density at radius 2 is 2.12 bits per heavy atom. The number of ether oxygens (including phenoxy) is 1. The van der Waals surface area contributed by atoms with Gasteiger partial charge in [-0.2, -0.15) is 10.5 Å². The van der Waals surface area contributed by atoms with Crippen molar-refractivity contribution in [2.45, 2.75) is 37.1 Å². The third-order valence-corrected chi connectivity index (χ3v) is 4.46. The van der Waals surface area contributed by atoms with Crippen LogP contribution in [-0.4, -0.2) is 55.2 Å². The van der Waals surface area contributed by atoms with Gasteiger partial charge in [0.2, 0.25) is 5.60 Å². The summed E-state index contributed by atoms with van der Waals surface area (Å²) in [5, 5.41) is 37.2. The van der Waals surface area contributed by atoms with Crippen LogP contribution in [0, 0.1) is 22.7 Å². The Labute approximate surface area is 147 Å². The number of nitrogens with one attached hydrogen (secondary N) is 1. The third-order valence-electron chi connectivity index (χ3n) is 3.52. The Bertz CT molecular complexity index is 828. The molecule has 26 heavy (non-hydrogen) atoms. The van der Waals surface area contributed by atoms with Gasteiger partial charge in [-0.25, -0.2) is 4.79 Å². The number of nitriles is 2.